The number of rotatable bonds is 5. The smallest absolute Gasteiger partial charge is 0.124 e. The molecule has 29 heavy (non-hydrogen) atoms. The van der Waals surface area contributed by atoms with Gasteiger partial charge >= 0.3 is 0 Å². The van der Waals surface area contributed by atoms with Crippen LogP contribution in [0.3, 0.4) is 0 Å². The Bertz CT molecular complexity index is 841. The summed E-state index contributed by atoms with van der Waals surface area (Å²) in [6, 6.07) is 12.8. The van der Waals surface area contributed by atoms with Crippen molar-refractivity contribution in [3.8, 4) is 11.5 Å². The zero-order chi connectivity index (χ0) is 22.2. The van der Waals surface area contributed by atoms with Crippen molar-refractivity contribution >= 4 is 18.9 Å². The fraction of sp³-hybridized carbons (Fsp3) is 0.520. The van der Waals surface area contributed by atoms with Gasteiger partial charge in [-0.2, -0.15) is 0 Å². The summed E-state index contributed by atoms with van der Waals surface area (Å²) >= 11 is 0. The van der Waals surface area contributed by atoms with E-state index in [9.17, 15) is 5.11 Å². The van der Waals surface area contributed by atoms with Gasteiger partial charge in [-0.25, -0.2) is 0 Å². The third-order valence-corrected chi connectivity index (χ3v) is 8.23. The Hall–Kier alpha value is -1.94. The quantitative estimate of drug-likeness (QED) is 0.649. The molecule has 0 aliphatic carbocycles. The first-order valence-corrected chi connectivity index (χ1v) is 13.6. The van der Waals surface area contributed by atoms with Crippen molar-refractivity contribution in [1.82, 2.24) is 0 Å². The molecular formula is C25H39NO2Si. The lowest BCUT2D eigenvalue weighted by Gasteiger charge is -2.30. The Kier molecular flexibility index (Phi) is 6.48. The van der Waals surface area contributed by atoms with E-state index in [0.29, 0.717) is 12.0 Å². The van der Waals surface area contributed by atoms with Crippen LogP contribution in [-0.2, 0) is 10.8 Å². The average molecular weight is 414 g/mol. The monoisotopic (exact) mass is 413 g/mol. The van der Waals surface area contributed by atoms with Crippen molar-refractivity contribution in [2.24, 2.45) is 0 Å². The van der Waals surface area contributed by atoms with Gasteiger partial charge in [-0.05, 0) is 35.1 Å². The van der Waals surface area contributed by atoms with Gasteiger partial charge in [0, 0.05) is 30.9 Å². The van der Waals surface area contributed by atoms with E-state index in [4.69, 9.17) is 4.74 Å². The van der Waals surface area contributed by atoms with Crippen molar-refractivity contribution in [3.63, 3.8) is 0 Å². The molecule has 160 valence electrons. The predicted octanol–water partition coefficient (Wildman–Crippen LogP) is 5.59. The van der Waals surface area contributed by atoms with Gasteiger partial charge in [0.05, 0.1) is 6.23 Å². The molecule has 2 aromatic rings. The number of benzene rings is 2. The van der Waals surface area contributed by atoms with Crippen LogP contribution in [0.4, 0.5) is 5.69 Å². The Balaban J connectivity index is 2.36. The van der Waals surface area contributed by atoms with E-state index < -0.39 is 8.07 Å². The minimum absolute atomic E-state index is 0.109. The molecule has 4 heteroatoms. The molecule has 0 unspecified atom stereocenters. The molecular weight excluding hydrogens is 374 g/mol. The highest BCUT2D eigenvalue weighted by Crippen LogP contribution is 2.40. The molecule has 0 atom stereocenters. The number of nitrogens with zero attached hydrogens (tertiary/aromatic N) is 1. The Morgan fingerprint density at radius 1 is 0.862 bits per heavy atom. The van der Waals surface area contributed by atoms with E-state index >= 15 is 0 Å². The van der Waals surface area contributed by atoms with Gasteiger partial charge in [-0.15, -0.1) is 0 Å². The van der Waals surface area contributed by atoms with Gasteiger partial charge in [0.15, 0.2) is 0 Å². The van der Waals surface area contributed by atoms with Gasteiger partial charge in [-0.3, -0.25) is 0 Å². The molecule has 0 saturated carbocycles. The lowest BCUT2D eigenvalue weighted by molar-refractivity contribution is 0.360. The van der Waals surface area contributed by atoms with Crippen LogP contribution in [0, 0.1) is 0 Å². The van der Waals surface area contributed by atoms with Gasteiger partial charge < -0.3 is 14.7 Å². The largest absolute Gasteiger partial charge is 0.508 e. The van der Waals surface area contributed by atoms with E-state index in [-0.39, 0.29) is 10.8 Å². The highest BCUT2D eigenvalue weighted by Gasteiger charge is 2.29. The number of phenolic OH excluding ortho intramolecular Hbond substituents is 1. The summed E-state index contributed by atoms with van der Waals surface area (Å²) in [4.78, 5) is 2.12. The summed E-state index contributed by atoms with van der Waals surface area (Å²) < 4.78 is 6.49. The van der Waals surface area contributed by atoms with Crippen molar-refractivity contribution < 1.29 is 9.84 Å². The summed E-state index contributed by atoms with van der Waals surface area (Å²) in [6.07, 6.45) is 0.700. The first-order chi connectivity index (χ1) is 13.1. The number of anilines is 1. The summed E-state index contributed by atoms with van der Waals surface area (Å²) in [5.74, 6) is 1.25. The second kappa shape index (κ2) is 8.06. The Morgan fingerprint density at radius 2 is 1.38 bits per heavy atom. The van der Waals surface area contributed by atoms with Crippen LogP contribution >= 0.6 is 0 Å². The van der Waals surface area contributed by atoms with E-state index in [1.54, 1.807) is 0 Å². The third-order valence-electron chi connectivity index (χ3n) is 5.47. The second-order valence-corrected chi connectivity index (χ2v) is 15.6. The molecule has 1 N–H and O–H groups in total. The zero-order valence-electron chi connectivity index (χ0n) is 20.0. The Labute approximate surface area is 178 Å². The predicted molar refractivity (Wildman–Crippen MR) is 129 cm³/mol. The summed E-state index contributed by atoms with van der Waals surface area (Å²) in [5, 5.41) is 12.0. The number of aromatic hydroxyl groups is 1. The van der Waals surface area contributed by atoms with Crippen LogP contribution in [0.5, 0.6) is 11.5 Å². The van der Waals surface area contributed by atoms with Gasteiger partial charge in [0.1, 0.15) is 19.6 Å². The minimum Gasteiger partial charge on any atom is -0.508 e. The van der Waals surface area contributed by atoms with Crippen LogP contribution < -0.4 is 14.8 Å². The first kappa shape index (κ1) is 23.3. The fourth-order valence-electron chi connectivity index (χ4n) is 3.43. The minimum atomic E-state index is -1.78. The standard InChI is InChI=1S/C25H39NO2Si/c1-24(2,3)20-16-23(21(15-22(20)27)25(4,5)6)28-17-29(9,10)19-13-11-18(12-14-19)26(7)8/h11-16,27H,17H2,1-10H3. The fourth-order valence-corrected chi connectivity index (χ4v) is 5.18. The van der Waals surface area contributed by atoms with Crippen LogP contribution in [0.25, 0.3) is 0 Å². The van der Waals surface area contributed by atoms with Crippen molar-refractivity contribution in [2.45, 2.75) is 65.5 Å². The zero-order valence-corrected chi connectivity index (χ0v) is 21.0. The van der Waals surface area contributed by atoms with Gasteiger partial charge in [0.2, 0.25) is 0 Å². The van der Waals surface area contributed by atoms with E-state index in [1.807, 2.05) is 6.07 Å². The van der Waals surface area contributed by atoms with Crippen molar-refractivity contribution in [1.29, 1.82) is 0 Å². The van der Waals surface area contributed by atoms with Crippen LogP contribution in [0.2, 0.25) is 13.1 Å². The van der Waals surface area contributed by atoms with Crippen molar-refractivity contribution in [2.75, 3.05) is 25.2 Å². The van der Waals surface area contributed by atoms with Crippen LogP contribution in [0.15, 0.2) is 36.4 Å². The topological polar surface area (TPSA) is 32.7 Å². The molecule has 0 amide bonds. The molecule has 0 aromatic heterocycles. The molecule has 3 nitrogen and oxygen atoms in total. The molecule has 2 rings (SSSR count). The molecule has 2 aromatic carbocycles. The number of phenols is 1. The maximum absolute atomic E-state index is 10.6. The van der Waals surface area contributed by atoms with E-state index in [0.717, 1.165) is 16.9 Å². The maximum atomic E-state index is 10.6. The molecule has 0 heterocycles. The average Bonchev–Trinajstić information content (AvgIpc) is 2.58. The molecule has 0 spiro atoms. The molecule has 0 saturated heterocycles. The number of hydrogen-bond donors (Lipinski definition) is 1. The molecule has 0 radical (unpaired) electrons. The summed E-state index contributed by atoms with van der Waals surface area (Å²) in [5.41, 5.74) is 2.93. The van der Waals surface area contributed by atoms with Crippen LogP contribution in [0.1, 0.15) is 52.7 Å². The SMILES string of the molecule is CN(C)c1ccc([Si](C)(C)COc2cc(C(C)(C)C)c(O)cc2C(C)(C)C)cc1. The molecule has 0 aliphatic heterocycles. The third kappa shape index (κ3) is 5.56. The highest BCUT2D eigenvalue weighted by molar-refractivity contribution is 6.89. The summed E-state index contributed by atoms with van der Waals surface area (Å²) in [6.45, 7) is 17.5. The normalized spacial score (nSPS) is 12.8. The van der Waals surface area contributed by atoms with Crippen molar-refractivity contribution in [3.05, 3.63) is 47.5 Å². The van der Waals surface area contributed by atoms with Crippen LogP contribution in [-0.4, -0.2) is 33.5 Å². The maximum Gasteiger partial charge on any atom is 0.124 e. The lowest BCUT2D eigenvalue weighted by Crippen LogP contribution is -2.47. The number of ether oxygens (including phenoxy) is 1. The molecule has 0 fully saturated rings. The lowest BCUT2D eigenvalue weighted by atomic mass is 9.81. The van der Waals surface area contributed by atoms with E-state index in [2.05, 4.69) is 104 Å². The van der Waals surface area contributed by atoms with E-state index in [1.165, 1.54) is 10.9 Å². The molecule has 0 aliphatic rings. The second-order valence-electron chi connectivity index (χ2n) is 11.0. The summed E-state index contributed by atoms with van der Waals surface area (Å²) in [7, 11) is 2.34. The molecule has 0 bridgehead atoms. The first-order valence-electron chi connectivity index (χ1n) is 10.4. The van der Waals surface area contributed by atoms with Gasteiger partial charge in [-0.1, -0.05) is 72.0 Å². The Morgan fingerprint density at radius 3 is 1.83 bits per heavy atom. The highest BCUT2D eigenvalue weighted by atomic mass is 28.3. The number of hydrogen-bond acceptors (Lipinski definition) is 3. The van der Waals surface area contributed by atoms with Gasteiger partial charge in [0.25, 0.3) is 0 Å².